The molecule has 0 radical (unpaired) electrons. The summed E-state index contributed by atoms with van der Waals surface area (Å²) >= 11 is 0. The van der Waals surface area contributed by atoms with Crippen molar-refractivity contribution in [3.63, 3.8) is 0 Å². The van der Waals surface area contributed by atoms with Gasteiger partial charge in [0.15, 0.2) is 5.78 Å². The minimum atomic E-state index is -2.70. The second-order valence-electron chi connectivity index (χ2n) is 9.87. The fraction of sp³-hybridized carbons (Fsp3) is 0.321. The lowest BCUT2D eigenvalue weighted by atomic mass is 9.81. The molecule has 3 aromatic rings. The van der Waals surface area contributed by atoms with Crippen LogP contribution in [-0.2, 0) is 17.6 Å². The van der Waals surface area contributed by atoms with Gasteiger partial charge in [-0.1, -0.05) is 6.07 Å². The van der Waals surface area contributed by atoms with E-state index in [4.69, 9.17) is 19.9 Å². The molecule has 1 aliphatic carbocycles. The van der Waals surface area contributed by atoms with Crippen LogP contribution < -0.4 is 15.2 Å². The summed E-state index contributed by atoms with van der Waals surface area (Å²) in [7, 11) is 1.31. The number of benzene rings is 2. The molecule has 0 unspecified atom stereocenters. The molecule has 1 aromatic heterocycles. The van der Waals surface area contributed by atoms with Gasteiger partial charge in [-0.25, -0.2) is 4.98 Å². The number of phenolic OH excluding ortho intramolecular Hbond substituents is 1. The van der Waals surface area contributed by atoms with Crippen molar-refractivity contribution in [2.24, 2.45) is 0 Å². The zero-order chi connectivity index (χ0) is 29.6. The Kier molecular flexibility index (Phi) is 7.42. The molecule has 0 spiro atoms. The molecule has 0 bridgehead atoms. The van der Waals surface area contributed by atoms with Gasteiger partial charge in [-0.3, -0.25) is 9.59 Å². The number of hydrogen-bond donors (Lipinski definition) is 7. The number of methoxy groups -OCH3 is 1. The van der Waals surface area contributed by atoms with Gasteiger partial charge >= 0.3 is 0 Å². The molecule has 0 saturated carbocycles. The molecular formula is C28H28N2O11. The van der Waals surface area contributed by atoms with E-state index in [1.54, 1.807) is 12.3 Å². The molecule has 8 N–H and O–H groups in total. The summed E-state index contributed by atoms with van der Waals surface area (Å²) in [6, 6.07) is 8.92. The van der Waals surface area contributed by atoms with Crippen LogP contribution in [-0.4, -0.2) is 91.3 Å². The Balaban J connectivity index is 1.51. The van der Waals surface area contributed by atoms with Crippen molar-refractivity contribution in [2.45, 2.75) is 43.2 Å². The zero-order valence-corrected chi connectivity index (χ0v) is 21.7. The molecule has 2 aliphatic rings. The molecule has 0 amide bonds. The van der Waals surface area contributed by atoms with Gasteiger partial charge in [-0.2, -0.15) is 0 Å². The molecule has 1 aliphatic heterocycles. The predicted octanol–water partition coefficient (Wildman–Crippen LogP) is -0.563. The van der Waals surface area contributed by atoms with Gasteiger partial charge in [0.1, 0.15) is 41.4 Å². The lowest BCUT2D eigenvalue weighted by molar-refractivity contribution is -0.384. The number of aliphatic hydroxyl groups excluding tert-OH is 4. The molecule has 13 nitrogen and oxygen atoms in total. The van der Waals surface area contributed by atoms with Crippen LogP contribution in [0.15, 0.2) is 42.6 Å². The van der Waals surface area contributed by atoms with E-state index in [9.17, 15) is 40.2 Å². The van der Waals surface area contributed by atoms with E-state index in [0.717, 1.165) is 5.56 Å². The maximum Gasteiger partial charge on any atom is 0.231 e. The van der Waals surface area contributed by atoms with Gasteiger partial charge in [0.05, 0.1) is 24.8 Å². The maximum absolute atomic E-state index is 13.7. The average molecular weight is 569 g/mol. The second-order valence-corrected chi connectivity index (χ2v) is 9.87. The Morgan fingerprint density at radius 1 is 0.976 bits per heavy atom. The van der Waals surface area contributed by atoms with Crippen LogP contribution in [0, 0.1) is 0 Å². The van der Waals surface area contributed by atoms with E-state index in [2.05, 4.69) is 4.98 Å². The van der Waals surface area contributed by atoms with Crippen LogP contribution in [0.1, 0.15) is 43.0 Å². The second kappa shape index (κ2) is 10.7. The number of aliphatic hydroxyl groups is 5. The molecule has 5 rings (SSSR count). The van der Waals surface area contributed by atoms with E-state index in [1.807, 2.05) is 6.07 Å². The van der Waals surface area contributed by atoms with Crippen molar-refractivity contribution >= 4 is 17.4 Å². The Bertz CT molecular complexity index is 1510. The van der Waals surface area contributed by atoms with Gasteiger partial charge in [0, 0.05) is 23.4 Å². The number of ketones is 2. The Morgan fingerprint density at radius 2 is 1.68 bits per heavy atom. The number of anilines is 1. The van der Waals surface area contributed by atoms with Gasteiger partial charge in [-0.15, -0.1) is 0 Å². The lowest BCUT2D eigenvalue weighted by Gasteiger charge is -2.44. The number of carbonyl (C=O) groups excluding carboxylic acids is 2. The maximum atomic E-state index is 13.7. The number of rotatable bonds is 7. The summed E-state index contributed by atoms with van der Waals surface area (Å²) in [5.41, 5.74) is 6.39. The molecule has 2 aromatic carbocycles. The number of aromatic nitrogens is 1. The fourth-order valence-electron chi connectivity index (χ4n) is 4.91. The van der Waals surface area contributed by atoms with E-state index in [1.165, 1.54) is 31.4 Å². The van der Waals surface area contributed by atoms with Crippen molar-refractivity contribution in [2.75, 3.05) is 19.5 Å². The highest BCUT2D eigenvalue weighted by atomic mass is 16.8. The number of aromatic hydroxyl groups is 1. The summed E-state index contributed by atoms with van der Waals surface area (Å²) in [5.74, 6) is -4.39. The summed E-state index contributed by atoms with van der Waals surface area (Å²) in [4.78, 5) is 31.4. The van der Waals surface area contributed by atoms with Crippen LogP contribution in [0.4, 0.5) is 5.82 Å². The van der Waals surface area contributed by atoms with Gasteiger partial charge in [0.2, 0.25) is 17.9 Å². The van der Waals surface area contributed by atoms with Crippen LogP contribution in [0.2, 0.25) is 0 Å². The third kappa shape index (κ3) is 4.99. The smallest absolute Gasteiger partial charge is 0.231 e. The molecule has 5 atom stereocenters. The molecule has 1 fully saturated rings. The molecular weight excluding hydrogens is 540 g/mol. The largest absolute Gasteiger partial charge is 0.507 e. The number of nitrogens with two attached hydrogens (primary N) is 1. The van der Waals surface area contributed by atoms with E-state index in [-0.39, 0.29) is 33.8 Å². The topological polar surface area (TPSA) is 222 Å². The van der Waals surface area contributed by atoms with Crippen molar-refractivity contribution < 1.29 is 54.4 Å². The quantitative estimate of drug-likeness (QED) is 0.149. The Morgan fingerprint density at radius 3 is 2.34 bits per heavy atom. The summed E-state index contributed by atoms with van der Waals surface area (Å²) in [5, 5.41) is 61.4. The van der Waals surface area contributed by atoms with Gasteiger partial charge in [0.25, 0.3) is 0 Å². The van der Waals surface area contributed by atoms with E-state index < -0.39 is 54.3 Å². The van der Waals surface area contributed by atoms with Crippen LogP contribution in [0.3, 0.4) is 0 Å². The minimum Gasteiger partial charge on any atom is -0.507 e. The summed E-state index contributed by atoms with van der Waals surface area (Å²) in [6.07, 6.45) is -5.35. The fourth-order valence-corrected chi connectivity index (χ4v) is 4.91. The standard InChI is InChI=1S/C28H28N2O11/c1-39-14-8-16-21(18(9-14)40-27-25(36)24(35)26(37)28(38,11-31)41-27)23(34)20-15(22(16)33)6-13(7-17(20)32)3-2-12-4-5-19(29)30-10-12/h4-10,24-27,31-32,35-38H,2-3,11H2,1H3,(H2,29,30)/t24-,25-,26+,27-,28-/m1/s1. The highest BCUT2D eigenvalue weighted by Crippen LogP contribution is 2.41. The first kappa shape index (κ1) is 28.4. The van der Waals surface area contributed by atoms with Crippen molar-refractivity contribution in [3.8, 4) is 17.2 Å². The van der Waals surface area contributed by atoms with E-state index >= 15 is 0 Å². The third-order valence-electron chi connectivity index (χ3n) is 7.19. The SMILES string of the molecule is COc1cc(O[C@@H]2O[C@](O)(CO)[C@@H](O)[C@H](O)[C@H]2O)c2c(c1)C(=O)c1cc(CCc3ccc(N)nc3)cc(O)c1C2=O. The van der Waals surface area contributed by atoms with E-state index in [0.29, 0.717) is 24.2 Å². The Labute approximate surface area is 233 Å². The number of nitrogen functional groups attached to an aromatic ring is 1. The monoisotopic (exact) mass is 568 g/mol. The van der Waals surface area contributed by atoms with Crippen molar-refractivity contribution in [3.05, 3.63) is 76.0 Å². The zero-order valence-electron chi connectivity index (χ0n) is 21.7. The average Bonchev–Trinajstić information content (AvgIpc) is 2.96. The predicted molar refractivity (Wildman–Crippen MR) is 140 cm³/mol. The number of ether oxygens (including phenoxy) is 3. The van der Waals surface area contributed by atoms with Gasteiger partial charge < -0.3 is 50.6 Å². The third-order valence-corrected chi connectivity index (χ3v) is 7.19. The number of pyridine rings is 1. The van der Waals surface area contributed by atoms with Crippen molar-refractivity contribution in [1.29, 1.82) is 0 Å². The first-order valence-electron chi connectivity index (χ1n) is 12.6. The molecule has 2 heterocycles. The molecule has 41 heavy (non-hydrogen) atoms. The van der Waals surface area contributed by atoms with Crippen molar-refractivity contribution in [1.82, 2.24) is 4.98 Å². The normalized spacial score (nSPS) is 25.4. The number of nitrogens with zero attached hydrogens (tertiary/aromatic N) is 1. The molecule has 216 valence electrons. The Hall–Kier alpha value is -4.11. The number of hydrogen-bond acceptors (Lipinski definition) is 13. The van der Waals surface area contributed by atoms with Crippen LogP contribution in [0.25, 0.3) is 0 Å². The summed E-state index contributed by atoms with van der Waals surface area (Å²) in [6.45, 7) is -1.16. The number of carbonyl (C=O) groups is 2. The number of fused-ring (bicyclic) bond motifs is 2. The first-order chi connectivity index (χ1) is 19.5. The van der Waals surface area contributed by atoms with Crippen LogP contribution >= 0.6 is 0 Å². The highest BCUT2D eigenvalue weighted by Gasteiger charge is 2.54. The molecule has 1 saturated heterocycles. The van der Waals surface area contributed by atoms with Gasteiger partial charge in [-0.05, 0) is 48.2 Å². The summed E-state index contributed by atoms with van der Waals surface area (Å²) < 4.78 is 16.1. The number of aryl methyl sites for hydroxylation is 2. The first-order valence-corrected chi connectivity index (χ1v) is 12.6. The lowest BCUT2D eigenvalue weighted by Crippen LogP contribution is -2.67. The highest BCUT2D eigenvalue weighted by molar-refractivity contribution is 6.30. The minimum absolute atomic E-state index is 0.0331. The number of phenols is 1. The molecule has 13 heteroatoms. The van der Waals surface area contributed by atoms with Crippen LogP contribution in [0.5, 0.6) is 17.2 Å².